The molecule has 0 saturated carbocycles. The molecule has 6 aromatic rings. The molecule has 3 unspecified atom stereocenters. The summed E-state index contributed by atoms with van der Waals surface area (Å²) in [5.74, 6) is 0.732. The van der Waals surface area contributed by atoms with Crippen molar-refractivity contribution in [1.29, 1.82) is 0 Å². The third kappa shape index (κ3) is 4.48. The van der Waals surface area contributed by atoms with E-state index in [0.29, 0.717) is 15.5 Å². The second-order valence-electron chi connectivity index (χ2n) is 12.4. The number of allylic oxidation sites excluding steroid dienone is 4. The van der Waals surface area contributed by atoms with E-state index < -0.39 is 21.3 Å². The standard InChI is InChI=1S/C21H13.C17H18.C5H5.Zr/c1-2-8-15-14(7-1)13-20-18-11-4-3-9-16(18)17-10-5-6-12-19(17)21(15)20;1-14(16-9-5-3-6-10-16)13-15(2)17-11-7-4-8-12-17;1-2-4-5-3-1;/h1-13H;3-12,14-15H,1-2H3;1-3H,4H2;. The maximum atomic E-state index is 2.51. The van der Waals surface area contributed by atoms with Crippen LogP contribution in [0, 0.1) is 0 Å². The molecule has 0 spiro atoms. The first-order valence-electron chi connectivity index (χ1n) is 15.9. The third-order valence-electron chi connectivity index (χ3n) is 10.1. The van der Waals surface area contributed by atoms with Crippen molar-refractivity contribution in [3.05, 3.63) is 177 Å². The van der Waals surface area contributed by atoms with Gasteiger partial charge in [0.05, 0.1) is 0 Å². The third-order valence-corrected chi connectivity index (χ3v) is 19.2. The summed E-state index contributed by atoms with van der Waals surface area (Å²) in [7, 11) is 0. The molecule has 6 aromatic carbocycles. The number of hydrogen-bond donors (Lipinski definition) is 0. The number of hydrogen-bond acceptors (Lipinski definition) is 0. The van der Waals surface area contributed by atoms with Gasteiger partial charge < -0.3 is 0 Å². The fraction of sp³-hybridized carbons (Fsp3) is 0.140. The Morgan fingerprint density at radius 2 is 1.11 bits per heavy atom. The molecule has 0 nitrogen and oxygen atoms in total. The molecule has 0 N–H and O–H groups in total. The summed E-state index contributed by atoms with van der Waals surface area (Å²) >= 11 is -2.73. The van der Waals surface area contributed by atoms with Crippen LogP contribution >= 0.6 is 0 Å². The van der Waals surface area contributed by atoms with E-state index in [1.165, 1.54) is 43.8 Å². The summed E-state index contributed by atoms with van der Waals surface area (Å²) in [6, 6.07) is 50.3. The molecule has 0 amide bonds. The average Bonchev–Trinajstić information content (AvgIpc) is 3.75. The zero-order chi connectivity index (χ0) is 29.6. The first-order chi connectivity index (χ1) is 21.7. The van der Waals surface area contributed by atoms with Crippen LogP contribution in [-0.2, 0) is 21.3 Å². The predicted molar refractivity (Wildman–Crippen MR) is 185 cm³/mol. The summed E-state index contributed by atoms with van der Waals surface area (Å²) in [6.07, 6.45) is 8.32. The Bertz CT molecular complexity index is 2070. The SMILES string of the molecule is CC([C](C(C)c1ccccc1)=[Zr]([C]1=CC=CC1)[CH]1c2ccccc2-c2c1c1ccccc1c1ccccc21)c1ccccc1. The number of fused-ring (bicyclic) bond motifs is 8. The molecule has 0 radical (unpaired) electrons. The molecule has 2 aliphatic carbocycles. The topological polar surface area (TPSA) is 0 Å². The zero-order valence-electron chi connectivity index (χ0n) is 25.4. The van der Waals surface area contributed by atoms with E-state index in [4.69, 9.17) is 0 Å². The monoisotopic (exact) mass is 642 g/mol. The van der Waals surface area contributed by atoms with Gasteiger partial charge in [-0.2, -0.15) is 0 Å². The Morgan fingerprint density at radius 3 is 1.73 bits per heavy atom. The van der Waals surface area contributed by atoms with Crippen molar-refractivity contribution in [2.24, 2.45) is 0 Å². The first-order valence-corrected chi connectivity index (χ1v) is 19.8. The van der Waals surface area contributed by atoms with Gasteiger partial charge in [-0.1, -0.05) is 0 Å². The van der Waals surface area contributed by atoms with Crippen molar-refractivity contribution >= 4 is 24.8 Å². The molecule has 2 aliphatic rings. The van der Waals surface area contributed by atoms with Gasteiger partial charge in [-0.3, -0.25) is 0 Å². The van der Waals surface area contributed by atoms with Gasteiger partial charge in [-0.15, -0.1) is 0 Å². The molecule has 0 fully saturated rings. The molecule has 44 heavy (non-hydrogen) atoms. The summed E-state index contributed by atoms with van der Waals surface area (Å²) in [5, 5.41) is 5.58. The van der Waals surface area contributed by atoms with Crippen LogP contribution in [0.15, 0.2) is 155 Å². The molecule has 0 aliphatic heterocycles. The van der Waals surface area contributed by atoms with Crippen LogP contribution in [0.3, 0.4) is 0 Å². The number of rotatable bonds is 6. The molecule has 8 rings (SSSR count). The molecular formula is C43H36Zr. The van der Waals surface area contributed by atoms with E-state index in [2.05, 4.69) is 166 Å². The fourth-order valence-corrected chi connectivity index (χ4v) is 18.2. The Hall–Kier alpha value is -3.93. The molecular weight excluding hydrogens is 608 g/mol. The van der Waals surface area contributed by atoms with Crippen LogP contribution in [-0.4, -0.2) is 3.21 Å². The quantitative estimate of drug-likeness (QED) is 0.158. The average molecular weight is 644 g/mol. The molecule has 0 saturated heterocycles. The maximum absolute atomic E-state index is 2.73. The summed E-state index contributed by atoms with van der Waals surface area (Å²) < 4.78 is 3.93. The van der Waals surface area contributed by atoms with Crippen molar-refractivity contribution in [3.63, 3.8) is 0 Å². The molecule has 212 valence electrons. The van der Waals surface area contributed by atoms with Gasteiger partial charge in [0.2, 0.25) is 0 Å². The molecule has 3 atom stereocenters. The van der Waals surface area contributed by atoms with Crippen LogP contribution in [0.5, 0.6) is 0 Å². The van der Waals surface area contributed by atoms with Crippen molar-refractivity contribution in [1.82, 2.24) is 0 Å². The van der Waals surface area contributed by atoms with Gasteiger partial charge in [0.1, 0.15) is 0 Å². The van der Waals surface area contributed by atoms with E-state index in [0.717, 1.165) is 6.42 Å². The van der Waals surface area contributed by atoms with Crippen molar-refractivity contribution in [3.8, 4) is 11.1 Å². The van der Waals surface area contributed by atoms with Crippen LogP contribution in [0.4, 0.5) is 0 Å². The second-order valence-corrected chi connectivity index (χ2v) is 18.8. The normalized spacial score (nSPS) is 16.4. The van der Waals surface area contributed by atoms with Crippen LogP contribution in [0.25, 0.3) is 32.7 Å². The summed E-state index contributed by atoms with van der Waals surface area (Å²) in [6.45, 7) is 4.99. The van der Waals surface area contributed by atoms with Gasteiger partial charge in [-0.05, 0) is 0 Å². The van der Waals surface area contributed by atoms with Crippen molar-refractivity contribution < 1.29 is 21.3 Å². The van der Waals surface area contributed by atoms with Crippen molar-refractivity contribution in [2.75, 3.05) is 0 Å². The van der Waals surface area contributed by atoms with Gasteiger partial charge in [0.25, 0.3) is 0 Å². The van der Waals surface area contributed by atoms with Crippen LogP contribution in [0.2, 0.25) is 0 Å². The molecule has 0 heterocycles. The molecule has 1 heteroatoms. The second kappa shape index (κ2) is 11.5. The minimum absolute atomic E-state index is 0.366. The Morgan fingerprint density at radius 1 is 0.591 bits per heavy atom. The summed E-state index contributed by atoms with van der Waals surface area (Å²) in [4.78, 5) is 0. The van der Waals surface area contributed by atoms with E-state index in [9.17, 15) is 0 Å². The molecule has 0 bridgehead atoms. The van der Waals surface area contributed by atoms with E-state index in [1.54, 1.807) is 17.6 Å². The minimum atomic E-state index is -2.73. The van der Waals surface area contributed by atoms with Gasteiger partial charge in [0, 0.05) is 0 Å². The van der Waals surface area contributed by atoms with Crippen LogP contribution in [0.1, 0.15) is 58.0 Å². The Balaban J connectivity index is 1.52. The van der Waals surface area contributed by atoms with E-state index in [1.807, 2.05) is 0 Å². The summed E-state index contributed by atoms with van der Waals surface area (Å²) in [5.41, 5.74) is 8.92. The molecule has 0 aromatic heterocycles. The van der Waals surface area contributed by atoms with E-state index >= 15 is 0 Å². The van der Waals surface area contributed by atoms with Gasteiger partial charge in [-0.25, -0.2) is 0 Å². The Kier molecular flexibility index (Phi) is 7.24. The number of benzene rings is 6. The zero-order valence-corrected chi connectivity index (χ0v) is 27.8. The van der Waals surface area contributed by atoms with E-state index in [-0.39, 0.29) is 0 Å². The predicted octanol–water partition coefficient (Wildman–Crippen LogP) is 11.3. The van der Waals surface area contributed by atoms with Gasteiger partial charge in [0.15, 0.2) is 0 Å². The van der Waals surface area contributed by atoms with Crippen LogP contribution < -0.4 is 0 Å². The fourth-order valence-electron chi connectivity index (χ4n) is 8.06. The van der Waals surface area contributed by atoms with Crippen molar-refractivity contribution in [2.45, 2.75) is 35.7 Å². The first kappa shape index (κ1) is 27.6. The Labute approximate surface area is 268 Å². The van der Waals surface area contributed by atoms with Gasteiger partial charge >= 0.3 is 270 Å².